The van der Waals surface area contributed by atoms with E-state index in [1.165, 1.54) is 4.90 Å². The maximum atomic E-state index is 12.3. The van der Waals surface area contributed by atoms with Crippen LogP contribution in [-0.2, 0) is 0 Å². The van der Waals surface area contributed by atoms with Crippen molar-refractivity contribution >= 4 is 17.7 Å². The SMILES string of the molecule is CCC(CCSc1ccccc1)NC(=O)c1cccc(OC)c1. The minimum atomic E-state index is -0.0412. The van der Waals surface area contributed by atoms with Gasteiger partial charge in [0.1, 0.15) is 5.75 Å². The van der Waals surface area contributed by atoms with Gasteiger partial charge in [-0.25, -0.2) is 0 Å². The predicted octanol–water partition coefficient (Wildman–Crippen LogP) is 4.39. The molecule has 0 saturated heterocycles. The molecule has 0 aliphatic heterocycles. The lowest BCUT2D eigenvalue weighted by molar-refractivity contribution is 0.0935. The normalized spacial score (nSPS) is 11.7. The van der Waals surface area contributed by atoms with Gasteiger partial charge in [0.2, 0.25) is 0 Å². The third kappa shape index (κ3) is 5.64. The number of carbonyl (C=O) groups is 1. The number of nitrogens with one attached hydrogen (secondary N) is 1. The first kappa shape index (κ1) is 17.4. The number of hydrogen-bond acceptors (Lipinski definition) is 3. The van der Waals surface area contributed by atoms with Crippen LogP contribution in [0.25, 0.3) is 0 Å². The van der Waals surface area contributed by atoms with Crippen LogP contribution >= 0.6 is 11.8 Å². The highest BCUT2D eigenvalue weighted by Crippen LogP contribution is 2.19. The largest absolute Gasteiger partial charge is 0.497 e. The van der Waals surface area contributed by atoms with Crippen molar-refractivity contribution in [1.29, 1.82) is 0 Å². The summed E-state index contributed by atoms with van der Waals surface area (Å²) in [7, 11) is 1.60. The van der Waals surface area contributed by atoms with E-state index < -0.39 is 0 Å². The van der Waals surface area contributed by atoms with Crippen molar-refractivity contribution in [2.45, 2.75) is 30.7 Å². The first-order valence-electron chi connectivity index (χ1n) is 7.85. The lowest BCUT2D eigenvalue weighted by atomic mass is 10.1. The Hall–Kier alpha value is -1.94. The van der Waals surface area contributed by atoms with Crippen molar-refractivity contribution < 1.29 is 9.53 Å². The minimum Gasteiger partial charge on any atom is -0.497 e. The first-order valence-corrected chi connectivity index (χ1v) is 8.84. The fourth-order valence-electron chi connectivity index (χ4n) is 2.25. The highest BCUT2D eigenvalue weighted by atomic mass is 32.2. The Kier molecular flexibility index (Phi) is 7.01. The second kappa shape index (κ2) is 9.26. The third-order valence-electron chi connectivity index (χ3n) is 3.64. The van der Waals surface area contributed by atoms with Gasteiger partial charge in [-0.1, -0.05) is 31.2 Å². The van der Waals surface area contributed by atoms with E-state index in [9.17, 15) is 4.79 Å². The van der Waals surface area contributed by atoms with E-state index in [2.05, 4.69) is 24.4 Å². The summed E-state index contributed by atoms with van der Waals surface area (Å²) < 4.78 is 5.17. The van der Waals surface area contributed by atoms with Crippen LogP contribution in [0.15, 0.2) is 59.5 Å². The summed E-state index contributed by atoms with van der Waals surface area (Å²) in [6, 6.07) is 17.8. The monoisotopic (exact) mass is 329 g/mol. The Bertz CT molecular complexity index is 616. The van der Waals surface area contributed by atoms with Gasteiger partial charge < -0.3 is 10.1 Å². The van der Waals surface area contributed by atoms with E-state index in [1.54, 1.807) is 13.2 Å². The Labute approximate surface area is 142 Å². The molecule has 23 heavy (non-hydrogen) atoms. The Balaban J connectivity index is 1.84. The number of amides is 1. The molecular formula is C19H23NO2S. The molecule has 1 amide bonds. The van der Waals surface area contributed by atoms with Gasteiger partial charge in [-0.05, 0) is 48.9 Å². The third-order valence-corrected chi connectivity index (χ3v) is 4.68. The number of thioether (sulfide) groups is 1. The van der Waals surface area contributed by atoms with Crippen molar-refractivity contribution in [1.82, 2.24) is 5.32 Å². The fraction of sp³-hybridized carbons (Fsp3) is 0.316. The predicted molar refractivity (Wildman–Crippen MR) is 96.3 cm³/mol. The van der Waals surface area contributed by atoms with Gasteiger partial charge in [0.15, 0.2) is 0 Å². The van der Waals surface area contributed by atoms with Gasteiger partial charge >= 0.3 is 0 Å². The van der Waals surface area contributed by atoms with Crippen LogP contribution in [0.4, 0.5) is 0 Å². The lowest BCUT2D eigenvalue weighted by Crippen LogP contribution is -2.34. The molecule has 3 nitrogen and oxygen atoms in total. The maximum absolute atomic E-state index is 12.3. The maximum Gasteiger partial charge on any atom is 0.251 e. The zero-order valence-electron chi connectivity index (χ0n) is 13.6. The number of methoxy groups -OCH3 is 1. The molecule has 1 atom stereocenters. The summed E-state index contributed by atoms with van der Waals surface area (Å²) in [5, 5.41) is 3.11. The van der Waals surface area contributed by atoms with Crippen LogP contribution in [-0.4, -0.2) is 24.8 Å². The van der Waals surface area contributed by atoms with Crippen LogP contribution in [0.1, 0.15) is 30.1 Å². The summed E-state index contributed by atoms with van der Waals surface area (Å²) in [5.74, 6) is 1.65. The molecule has 0 saturated carbocycles. The van der Waals surface area contributed by atoms with E-state index in [4.69, 9.17) is 4.74 Å². The van der Waals surface area contributed by atoms with Gasteiger partial charge in [-0.3, -0.25) is 4.79 Å². The van der Waals surface area contributed by atoms with E-state index >= 15 is 0 Å². The Morgan fingerprint density at radius 1 is 1.17 bits per heavy atom. The van der Waals surface area contributed by atoms with Crippen LogP contribution in [0.2, 0.25) is 0 Å². The van der Waals surface area contributed by atoms with E-state index in [1.807, 2.05) is 48.2 Å². The topological polar surface area (TPSA) is 38.3 Å². The quantitative estimate of drug-likeness (QED) is 0.730. The molecule has 0 aromatic heterocycles. The van der Waals surface area contributed by atoms with E-state index in [0.717, 1.165) is 18.6 Å². The van der Waals surface area contributed by atoms with Gasteiger partial charge in [0.05, 0.1) is 7.11 Å². The molecule has 0 spiro atoms. The lowest BCUT2D eigenvalue weighted by Gasteiger charge is -2.17. The molecule has 0 fully saturated rings. The van der Waals surface area contributed by atoms with Crippen molar-refractivity contribution in [2.75, 3.05) is 12.9 Å². The average Bonchev–Trinajstić information content (AvgIpc) is 2.61. The zero-order valence-corrected chi connectivity index (χ0v) is 14.4. The van der Waals surface area contributed by atoms with Gasteiger partial charge in [0.25, 0.3) is 5.91 Å². The van der Waals surface area contributed by atoms with E-state index in [-0.39, 0.29) is 11.9 Å². The van der Waals surface area contributed by atoms with Crippen molar-refractivity contribution in [3.63, 3.8) is 0 Å². The van der Waals surface area contributed by atoms with Gasteiger partial charge in [0, 0.05) is 16.5 Å². The average molecular weight is 329 g/mol. The molecule has 1 N–H and O–H groups in total. The van der Waals surface area contributed by atoms with Crippen LogP contribution in [0, 0.1) is 0 Å². The van der Waals surface area contributed by atoms with Gasteiger partial charge in [-0.15, -0.1) is 11.8 Å². The molecule has 2 aromatic carbocycles. The second-order valence-corrected chi connectivity index (χ2v) is 6.43. The van der Waals surface area contributed by atoms with Crippen LogP contribution < -0.4 is 10.1 Å². The van der Waals surface area contributed by atoms with Crippen molar-refractivity contribution in [3.05, 3.63) is 60.2 Å². The highest BCUT2D eigenvalue weighted by molar-refractivity contribution is 7.99. The van der Waals surface area contributed by atoms with Gasteiger partial charge in [-0.2, -0.15) is 0 Å². The van der Waals surface area contributed by atoms with Crippen molar-refractivity contribution in [2.24, 2.45) is 0 Å². The standard InChI is InChI=1S/C19H23NO2S/c1-3-16(12-13-23-18-10-5-4-6-11-18)20-19(21)15-8-7-9-17(14-15)22-2/h4-11,14,16H,3,12-13H2,1-2H3,(H,20,21). The van der Waals surface area contributed by atoms with Crippen LogP contribution in [0.5, 0.6) is 5.75 Å². The molecule has 0 bridgehead atoms. The molecule has 4 heteroatoms. The molecule has 2 rings (SSSR count). The Morgan fingerprint density at radius 3 is 2.65 bits per heavy atom. The summed E-state index contributed by atoms with van der Waals surface area (Å²) in [6.07, 6.45) is 1.87. The molecule has 0 aliphatic rings. The second-order valence-electron chi connectivity index (χ2n) is 5.26. The molecule has 0 heterocycles. The zero-order chi connectivity index (χ0) is 16.5. The molecule has 1 unspecified atom stereocenters. The summed E-state index contributed by atoms with van der Waals surface area (Å²) in [4.78, 5) is 13.6. The van der Waals surface area contributed by atoms with Crippen LogP contribution in [0.3, 0.4) is 0 Å². The smallest absolute Gasteiger partial charge is 0.251 e. The summed E-state index contributed by atoms with van der Waals surface area (Å²) in [5.41, 5.74) is 0.638. The summed E-state index contributed by atoms with van der Waals surface area (Å²) in [6.45, 7) is 2.10. The molecule has 2 aromatic rings. The highest BCUT2D eigenvalue weighted by Gasteiger charge is 2.12. The number of carbonyl (C=O) groups excluding carboxylic acids is 1. The minimum absolute atomic E-state index is 0.0412. The summed E-state index contributed by atoms with van der Waals surface area (Å²) >= 11 is 1.82. The Morgan fingerprint density at radius 2 is 1.96 bits per heavy atom. The first-order chi connectivity index (χ1) is 11.2. The molecule has 0 aliphatic carbocycles. The number of benzene rings is 2. The van der Waals surface area contributed by atoms with E-state index in [0.29, 0.717) is 11.3 Å². The number of hydrogen-bond donors (Lipinski definition) is 1. The molecule has 122 valence electrons. The fourth-order valence-corrected chi connectivity index (χ4v) is 3.23. The molecular weight excluding hydrogens is 306 g/mol. The number of ether oxygens (including phenoxy) is 1. The number of rotatable bonds is 8. The molecule has 0 radical (unpaired) electrons. The van der Waals surface area contributed by atoms with Crippen molar-refractivity contribution in [3.8, 4) is 5.75 Å².